The average Bonchev–Trinajstić information content (AvgIpc) is 3.33. The Morgan fingerprint density at radius 3 is 1.46 bits per heavy atom. The summed E-state index contributed by atoms with van der Waals surface area (Å²) in [5, 5.41) is 4.95. The number of nitrogens with zero attached hydrogens (tertiary/aromatic N) is 3. The number of allylic oxidation sites excluding steroid dienone is 1. The minimum absolute atomic E-state index is 0.0383. The third-order valence-corrected chi connectivity index (χ3v) is 17.0. The molecule has 12 rings (SSSR count). The molecular weight excluding hydrogens is 847 g/mol. The first-order chi connectivity index (χ1) is 33.3. The molecule has 0 saturated carbocycles. The molecule has 0 fully saturated rings. The van der Waals surface area contributed by atoms with E-state index < -0.39 is 0 Å². The molecule has 8 aromatic rings. The van der Waals surface area contributed by atoms with Crippen LogP contribution in [0.3, 0.4) is 0 Å². The number of hydrogen-bond donors (Lipinski definition) is 0. The highest BCUT2D eigenvalue weighted by molar-refractivity contribution is 6.01. The fourth-order valence-electron chi connectivity index (χ4n) is 12.9. The van der Waals surface area contributed by atoms with Crippen LogP contribution < -0.4 is 14.7 Å². The summed E-state index contributed by atoms with van der Waals surface area (Å²) in [4.78, 5) is 7.93. The lowest BCUT2D eigenvalue weighted by Crippen LogP contribution is -2.59. The zero-order valence-electron chi connectivity index (χ0n) is 43.2. The number of hydrogen-bond acceptors (Lipinski definition) is 3. The number of para-hydroxylation sites is 1. The Hall–Kier alpha value is -6.84. The van der Waals surface area contributed by atoms with Crippen LogP contribution >= 0.6 is 0 Å². The Balaban J connectivity index is 1.14. The SMILES string of the molecule is CC(C)(C)c1ccc(N(C2=CC3C4C(=C2)C(C)(C)c2cc(N(c5ccc(C(C)(C)C)cc5)c5cccc6ccccc56)cc5c2N4c2c(cccc2C3(C)C)C5(C)C)c2cccc3ccccc23)cc1. The number of rotatable bonds is 6. The van der Waals surface area contributed by atoms with E-state index >= 15 is 0 Å². The highest BCUT2D eigenvalue weighted by Crippen LogP contribution is 2.66. The van der Waals surface area contributed by atoms with Crippen molar-refractivity contribution >= 4 is 61.4 Å². The van der Waals surface area contributed by atoms with Gasteiger partial charge >= 0.3 is 0 Å². The van der Waals surface area contributed by atoms with Gasteiger partial charge in [0.25, 0.3) is 0 Å². The van der Waals surface area contributed by atoms with Crippen LogP contribution in [-0.4, -0.2) is 6.04 Å². The first kappa shape index (κ1) is 44.4. The third kappa shape index (κ3) is 6.46. The summed E-state index contributed by atoms with van der Waals surface area (Å²) in [6.45, 7) is 28.8. The largest absolute Gasteiger partial charge is 0.332 e. The van der Waals surface area contributed by atoms with E-state index in [1.807, 2.05) is 0 Å². The van der Waals surface area contributed by atoms with Crippen molar-refractivity contribution in [3.05, 3.63) is 221 Å². The minimum Gasteiger partial charge on any atom is -0.332 e. The number of fused-ring (bicyclic) bond motifs is 2. The maximum atomic E-state index is 2.82. The van der Waals surface area contributed by atoms with E-state index in [0.29, 0.717) is 0 Å². The van der Waals surface area contributed by atoms with Gasteiger partial charge in [-0.05, 0) is 115 Å². The van der Waals surface area contributed by atoms with Gasteiger partial charge in [-0.2, -0.15) is 0 Å². The Kier molecular flexibility index (Phi) is 9.56. The van der Waals surface area contributed by atoms with Gasteiger partial charge in [0.15, 0.2) is 0 Å². The predicted molar refractivity (Wildman–Crippen MR) is 299 cm³/mol. The summed E-state index contributed by atoms with van der Waals surface area (Å²) in [7, 11) is 0. The lowest BCUT2D eigenvalue weighted by atomic mass is 9.54. The highest BCUT2D eigenvalue weighted by Gasteiger charge is 2.58. The van der Waals surface area contributed by atoms with E-state index in [-0.39, 0.29) is 39.0 Å². The van der Waals surface area contributed by atoms with Gasteiger partial charge in [0.05, 0.1) is 23.1 Å². The van der Waals surface area contributed by atoms with E-state index in [4.69, 9.17) is 0 Å². The van der Waals surface area contributed by atoms with Crippen molar-refractivity contribution in [2.45, 2.75) is 116 Å². The van der Waals surface area contributed by atoms with Crippen LogP contribution in [0.25, 0.3) is 21.5 Å². The van der Waals surface area contributed by atoms with Crippen molar-refractivity contribution in [1.82, 2.24) is 0 Å². The summed E-state index contributed by atoms with van der Waals surface area (Å²) >= 11 is 0. The standard InChI is InChI=1S/C67H67N3/c1-63(2,3)44-30-34-46(35-31-44)68(58-28-17-22-42-20-13-15-24-50(42)58)48-38-54-61-56(40-48)67(11,12)57-41-49(39-55-62(57)70(61)60-52(65(54,7)8)26-19-27-53(60)66(55,9)10)69(47-36-32-45(33-37-47)64(4,5)6)59-29-18-23-43-21-14-16-25-51(43)59/h13-41,54,61H,1-12H3. The monoisotopic (exact) mass is 914 g/mol. The van der Waals surface area contributed by atoms with Gasteiger partial charge in [0.1, 0.15) is 0 Å². The molecule has 4 aliphatic rings. The van der Waals surface area contributed by atoms with Gasteiger partial charge in [-0.15, -0.1) is 0 Å². The van der Waals surface area contributed by atoms with E-state index in [0.717, 1.165) is 5.69 Å². The van der Waals surface area contributed by atoms with E-state index in [1.165, 1.54) is 100 Å². The molecule has 70 heavy (non-hydrogen) atoms. The van der Waals surface area contributed by atoms with E-state index in [2.05, 4.69) is 274 Å². The molecule has 0 spiro atoms. The molecule has 0 amide bonds. The molecule has 3 heterocycles. The van der Waals surface area contributed by atoms with Crippen LogP contribution in [0.4, 0.5) is 39.8 Å². The molecule has 3 heteroatoms. The Bertz CT molecular complexity index is 3480. The number of benzene rings is 8. The summed E-state index contributed by atoms with van der Waals surface area (Å²) in [6, 6.07) is 62.5. The smallest absolute Gasteiger partial charge is 0.0636 e. The molecule has 0 aromatic heterocycles. The lowest BCUT2D eigenvalue weighted by Gasteiger charge is -2.62. The second-order valence-electron chi connectivity index (χ2n) is 24.4. The van der Waals surface area contributed by atoms with Crippen LogP contribution in [-0.2, 0) is 27.1 Å². The first-order valence-electron chi connectivity index (χ1n) is 25.6. The molecule has 0 N–H and O–H groups in total. The van der Waals surface area contributed by atoms with Crippen molar-refractivity contribution < 1.29 is 0 Å². The van der Waals surface area contributed by atoms with Crippen molar-refractivity contribution in [3.8, 4) is 0 Å². The van der Waals surface area contributed by atoms with Crippen LogP contribution in [0.1, 0.15) is 116 Å². The molecule has 8 aromatic carbocycles. The summed E-state index contributed by atoms with van der Waals surface area (Å²) < 4.78 is 0. The molecule has 2 atom stereocenters. The molecular formula is C67H67N3. The first-order valence-corrected chi connectivity index (χ1v) is 25.6. The van der Waals surface area contributed by atoms with E-state index in [9.17, 15) is 0 Å². The third-order valence-electron chi connectivity index (χ3n) is 17.0. The second kappa shape index (κ2) is 15.1. The Morgan fingerprint density at radius 1 is 0.443 bits per heavy atom. The molecule has 2 unspecified atom stereocenters. The van der Waals surface area contributed by atoms with Crippen LogP contribution in [0, 0.1) is 5.92 Å². The van der Waals surface area contributed by atoms with Crippen LogP contribution in [0.2, 0.25) is 0 Å². The molecule has 0 saturated heterocycles. The van der Waals surface area contributed by atoms with E-state index in [1.54, 1.807) is 0 Å². The Morgan fingerprint density at radius 2 is 0.900 bits per heavy atom. The zero-order valence-corrected chi connectivity index (χ0v) is 43.2. The van der Waals surface area contributed by atoms with Crippen molar-refractivity contribution in [1.29, 1.82) is 0 Å². The summed E-state index contributed by atoms with van der Waals surface area (Å²) in [5.41, 5.74) is 18.9. The predicted octanol–water partition coefficient (Wildman–Crippen LogP) is 18.1. The molecule has 0 bridgehead atoms. The van der Waals surface area contributed by atoms with Gasteiger partial charge < -0.3 is 14.7 Å². The normalized spacial score (nSPS) is 19.1. The minimum atomic E-state index is -0.351. The maximum absolute atomic E-state index is 2.82. The lowest BCUT2D eigenvalue weighted by molar-refractivity contribution is 0.295. The van der Waals surface area contributed by atoms with Crippen LogP contribution in [0.15, 0.2) is 187 Å². The molecule has 0 radical (unpaired) electrons. The fraction of sp³-hybridized carbons (Fsp3) is 0.284. The summed E-state index contributed by atoms with van der Waals surface area (Å²) in [6.07, 6.45) is 5.26. The maximum Gasteiger partial charge on any atom is 0.0636 e. The fourth-order valence-corrected chi connectivity index (χ4v) is 12.9. The van der Waals surface area contributed by atoms with Crippen molar-refractivity contribution in [2.75, 3.05) is 14.7 Å². The second-order valence-corrected chi connectivity index (χ2v) is 24.4. The highest BCUT2D eigenvalue weighted by atomic mass is 15.2. The van der Waals surface area contributed by atoms with Gasteiger partial charge in [-0.25, -0.2) is 0 Å². The van der Waals surface area contributed by atoms with Crippen molar-refractivity contribution in [2.24, 2.45) is 5.92 Å². The summed E-state index contributed by atoms with van der Waals surface area (Å²) in [5.74, 6) is 0.172. The molecule has 3 nitrogen and oxygen atoms in total. The van der Waals surface area contributed by atoms with Gasteiger partial charge in [0, 0.05) is 61.4 Å². The topological polar surface area (TPSA) is 9.72 Å². The molecule has 3 aliphatic heterocycles. The molecule has 1 aliphatic carbocycles. The van der Waals surface area contributed by atoms with Gasteiger partial charge in [-0.3, -0.25) is 0 Å². The number of anilines is 7. The van der Waals surface area contributed by atoms with Gasteiger partial charge in [0.2, 0.25) is 0 Å². The Labute approximate surface area is 416 Å². The van der Waals surface area contributed by atoms with Gasteiger partial charge in [-0.1, -0.05) is 204 Å². The van der Waals surface area contributed by atoms with Crippen molar-refractivity contribution in [3.63, 3.8) is 0 Å². The quantitative estimate of drug-likeness (QED) is 0.165. The van der Waals surface area contributed by atoms with Crippen LogP contribution in [0.5, 0.6) is 0 Å². The molecule has 350 valence electrons. The zero-order chi connectivity index (χ0) is 48.9. The average molecular weight is 914 g/mol.